The van der Waals surface area contributed by atoms with Gasteiger partial charge in [0, 0.05) is 36.2 Å². The van der Waals surface area contributed by atoms with Gasteiger partial charge in [0.2, 0.25) is 0 Å². The standard InChI is InChI=1S/C17H31N3O2S2.HI/c1-3-17(4-2)13-20(8-9-23-17)16(19-15-5-6-15)18-11-14-7-10-24(21,22)12-14;/h14-15H,3-13H2,1-2H3,(H,18,19);1H. The van der Waals surface area contributed by atoms with E-state index in [4.69, 9.17) is 4.99 Å². The van der Waals surface area contributed by atoms with Crippen molar-refractivity contribution in [3.63, 3.8) is 0 Å². The van der Waals surface area contributed by atoms with E-state index in [2.05, 4.69) is 35.8 Å². The second-order valence-electron chi connectivity index (χ2n) is 7.51. The minimum atomic E-state index is -2.81. The van der Waals surface area contributed by atoms with E-state index in [1.54, 1.807) is 0 Å². The van der Waals surface area contributed by atoms with E-state index in [9.17, 15) is 8.42 Å². The van der Waals surface area contributed by atoms with Crippen LogP contribution in [0.15, 0.2) is 4.99 Å². The lowest BCUT2D eigenvalue weighted by molar-refractivity contribution is 0.338. The quantitative estimate of drug-likeness (QED) is 0.357. The van der Waals surface area contributed by atoms with Gasteiger partial charge in [-0.15, -0.1) is 24.0 Å². The highest BCUT2D eigenvalue weighted by Gasteiger charge is 2.36. The topological polar surface area (TPSA) is 61.8 Å². The number of guanidine groups is 1. The van der Waals surface area contributed by atoms with Gasteiger partial charge in [-0.05, 0) is 38.0 Å². The summed E-state index contributed by atoms with van der Waals surface area (Å²) in [5.41, 5.74) is 0. The van der Waals surface area contributed by atoms with E-state index in [1.165, 1.54) is 25.7 Å². The van der Waals surface area contributed by atoms with Crippen LogP contribution in [0.25, 0.3) is 0 Å². The Hall–Kier alpha value is 0.300. The number of nitrogens with one attached hydrogen (secondary N) is 1. The summed E-state index contributed by atoms with van der Waals surface area (Å²) in [4.78, 5) is 7.29. The zero-order chi connectivity index (χ0) is 17.2. The molecule has 2 aliphatic heterocycles. The molecule has 8 heteroatoms. The Balaban J connectivity index is 0.00000225. The molecular weight excluding hydrogens is 469 g/mol. The molecule has 0 aromatic heterocycles. The summed E-state index contributed by atoms with van der Waals surface area (Å²) >= 11 is 2.11. The Kier molecular flexibility index (Phi) is 7.77. The molecule has 3 fully saturated rings. The van der Waals surface area contributed by atoms with Crippen LogP contribution in [0.5, 0.6) is 0 Å². The summed E-state index contributed by atoms with van der Waals surface area (Å²) in [5.74, 6) is 3.02. The van der Waals surface area contributed by atoms with Crippen LogP contribution >= 0.6 is 35.7 Å². The van der Waals surface area contributed by atoms with Gasteiger partial charge >= 0.3 is 0 Å². The number of sulfone groups is 1. The maximum absolute atomic E-state index is 11.7. The van der Waals surface area contributed by atoms with Gasteiger partial charge in [-0.2, -0.15) is 11.8 Å². The maximum Gasteiger partial charge on any atom is 0.194 e. The van der Waals surface area contributed by atoms with Crippen LogP contribution in [0, 0.1) is 5.92 Å². The molecule has 146 valence electrons. The van der Waals surface area contributed by atoms with Crippen LogP contribution in [0.3, 0.4) is 0 Å². The third kappa shape index (κ3) is 5.89. The van der Waals surface area contributed by atoms with Gasteiger partial charge in [0.25, 0.3) is 0 Å². The van der Waals surface area contributed by atoms with E-state index in [0.29, 0.717) is 28.8 Å². The largest absolute Gasteiger partial charge is 0.354 e. The first-order valence-corrected chi connectivity index (χ1v) is 12.2. The van der Waals surface area contributed by atoms with Gasteiger partial charge in [0.05, 0.1) is 11.5 Å². The molecule has 0 aromatic carbocycles. The molecule has 25 heavy (non-hydrogen) atoms. The van der Waals surface area contributed by atoms with E-state index < -0.39 is 9.84 Å². The van der Waals surface area contributed by atoms with Crippen LogP contribution < -0.4 is 5.32 Å². The summed E-state index contributed by atoms with van der Waals surface area (Å²) in [5, 5.41) is 3.61. The Morgan fingerprint density at radius 1 is 1.28 bits per heavy atom. The lowest BCUT2D eigenvalue weighted by Crippen LogP contribution is -2.53. The van der Waals surface area contributed by atoms with Crippen LogP contribution in [-0.4, -0.2) is 67.0 Å². The number of halogens is 1. The molecule has 1 saturated carbocycles. The summed E-state index contributed by atoms with van der Waals surface area (Å²) in [6.07, 6.45) is 5.59. The van der Waals surface area contributed by atoms with E-state index in [-0.39, 0.29) is 29.9 Å². The van der Waals surface area contributed by atoms with Gasteiger partial charge < -0.3 is 10.2 Å². The summed E-state index contributed by atoms with van der Waals surface area (Å²) in [6.45, 7) is 7.30. The zero-order valence-electron chi connectivity index (χ0n) is 15.4. The van der Waals surface area contributed by atoms with Crippen molar-refractivity contribution in [2.24, 2.45) is 10.9 Å². The third-order valence-electron chi connectivity index (χ3n) is 5.57. The fourth-order valence-corrected chi connectivity index (χ4v) is 6.83. The van der Waals surface area contributed by atoms with Crippen LogP contribution in [-0.2, 0) is 9.84 Å². The predicted molar refractivity (Wildman–Crippen MR) is 118 cm³/mol. The molecule has 0 amide bonds. The smallest absolute Gasteiger partial charge is 0.194 e. The fourth-order valence-electron chi connectivity index (χ4n) is 3.58. The van der Waals surface area contributed by atoms with Gasteiger partial charge in [-0.3, -0.25) is 4.99 Å². The second kappa shape index (κ2) is 8.99. The van der Waals surface area contributed by atoms with Crippen molar-refractivity contribution in [1.29, 1.82) is 0 Å². The molecule has 0 spiro atoms. The summed E-state index contributed by atoms with van der Waals surface area (Å²) in [7, 11) is -2.81. The van der Waals surface area contributed by atoms with Crippen LogP contribution in [0.4, 0.5) is 0 Å². The SMILES string of the molecule is CCC1(CC)CN(C(=NCC2CCS(=O)(=O)C2)NC2CC2)CCS1.I. The molecular formula is C17H32IN3O2S2. The van der Waals surface area contributed by atoms with Gasteiger partial charge in [0.1, 0.15) is 0 Å². The molecule has 1 atom stereocenters. The summed E-state index contributed by atoms with van der Waals surface area (Å²) in [6, 6.07) is 0.572. The molecule has 1 unspecified atom stereocenters. The van der Waals surface area contributed by atoms with E-state index >= 15 is 0 Å². The lowest BCUT2D eigenvalue weighted by Gasteiger charge is -2.43. The predicted octanol–water partition coefficient (Wildman–Crippen LogP) is 2.75. The number of nitrogens with zero attached hydrogens (tertiary/aromatic N) is 2. The van der Waals surface area contributed by atoms with Crippen molar-refractivity contribution in [1.82, 2.24) is 10.2 Å². The van der Waals surface area contributed by atoms with Crippen LogP contribution in [0.2, 0.25) is 0 Å². The average molecular weight is 502 g/mol. The highest BCUT2D eigenvalue weighted by atomic mass is 127. The van der Waals surface area contributed by atoms with Crippen molar-refractivity contribution >= 4 is 51.5 Å². The zero-order valence-corrected chi connectivity index (χ0v) is 19.3. The molecule has 3 aliphatic rings. The van der Waals surface area contributed by atoms with Gasteiger partial charge in [-0.1, -0.05) is 13.8 Å². The lowest BCUT2D eigenvalue weighted by atomic mass is 10.0. The Morgan fingerprint density at radius 2 is 2.00 bits per heavy atom. The monoisotopic (exact) mass is 501 g/mol. The fraction of sp³-hybridized carbons (Fsp3) is 0.941. The van der Waals surface area contributed by atoms with Crippen molar-refractivity contribution in [2.75, 3.05) is 36.9 Å². The second-order valence-corrected chi connectivity index (χ2v) is 11.3. The molecule has 2 saturated heterocycles. The number of hydrogen-bond acceptors (Lipinski definition) is 4. The van der Waals surface area contributed by atoms with Crippen LogP contribution in [0.1, 0.15) is 46.0 Å². The first-order valence-electron chi connectivity index (χ1n) is 9.35. The summed E-state index contributed by atoms with van der Waals surface area (Å²) < 4.78 is 23.7. The minimum absolute atomic E-state index is 0. The van der Waals surface area contributed by atoms with Crippen molar-refractivity contribution in [3.05, 3.63) is 0 Å². The van der Waals surface area contributed by atoms with Gasteiger partial charge in [-0.25, -0.2) is 8.42 Å². The van der Waals surface area contributed by atoms with E-state index in [0.717, 1.165) is 31.2 Å². The number of thioether (sulfide) groups is 1. The third-order valence-corrected chi connectivity index (χ3v) is 9.12. The normalized spacial score (nSPS) is 28.5. The first-order chi connectivity index (χ1) is 11.5. The first kappa shape index (κ1) is 21.6. The highest BCUT2D eigenvalue weighted by Crippen LogP contribution is 2.36. The van der Waals surface area contributed by atoms with Crippen molar-refractivity contribution in [2.45, 2.75) is 56.7 Å². The molecule has 0 radical (unpaired) electrons. The molecule has 2 heterocycles. The maximum atomic E-state index is 11.7. The Labute approximate surface area is 174 Å². The Bertz CT molecular complexity index is 574. The number of aliphatic imine (C=N–C) groups is 1. The molecule has 3 rings (SSSR count). The minimum Gasteiger partial charge on any atom is -0.354 e. The van der Waals surface area contributed by atoms with Gasteiger partial charge in [0.15, 0.2) is 15.8 Å². The van der Waals surface area contributed by atoms with Crippen molar-refractivity contribution in [3.8, 4) is 0 Å². The number of hydrogen-bond donors (Lipinski definition) is 1. The van der Waals surface area contributed by atoms with E-state index in [1.807, 2.05) is 0 Å². The molecule has 0 bridgehead atoms. The molecule has 1 N–H and O–H groups in total. The molecule has 5 nitrogen and oxygen atoms in total. The Morgan fingerprint density at radius 3 is 2.56 bits per heavy atom. The highest BCUT2D eigenvalue weighted by molar-refractivity contribution is 14.0. The molecule has 0 aromatic rings. The molecule has 1 aliphatic carbocycles. The number of rotatable bonds is 5. The van der Waals surface area contributed by atoms with Crippen molar-refractivity contribution < 1.29 is 8.42 Å². The average Bonchev–Trinajstić information content (AvgIpc) is 3.33.